The molecule has 0 atom stereocenters. The van der Waals surface area contributed by atoms with Gasteiger partial charge in [0.1, 0.15) is 7.85 Å². The van der Waals surface area contributed by atoms with Crippen LogP contribution in [0.3, 0.4) is 0 Å². The third-order valence-electron chi connectivity index (χ3n) is 3.11. The number of fused-ring (bicyclic) bond motifs is 1. The molecule has 13 heavy (non-hydrogen) atoms. The average Bonchev–Trinajstić information content (AvgIpc) is 2.02. The molecule has 0 amide bonds. The molecule has 1 aliphatic carbocycles. The highest BCUT2D eigenvalue weighted by molar-refractivity contribution is 6.32. The van der Waals surface area contributed by atoms with Crippen LogP contribution in [0.1, 0.15) is 37.8 Å². The van der Waals surface area contributed by atoms with E-state index in [-0.39, 0.29) is 0 Å². The Hall–Kier alpha value is -0.715. The van der Waals surface area contributed by atoms with E-state index in [9.17, 15) is 0 Å². The van der Waals surface area contributed by atoms with Crippen LogP contribution in [0, 0.1) is 0 Å². The summed E-state index contributed by atoms with van der Waals surface area (Å²) in [5.41, 5.74) is 4.20. The molecule has 0 bridgehead atoms. The topological polar surface area (TPSA) is 0 Å². The van der Waals surface area contributed by atoms with E-state index in [1.807, 2.05) is 6.07 Å². The molecule has 1 aromatic rings. The van der Waals surface area contributed by atoms with Gasteiger partial charge in [0, 0.05) is 0 Å². The van der Waals surface area contributed by atoms with Crippen LogP contribution in [0.15, 0.2) is 18.2 Å². The van der Waals surface area contributed by atoms with Crippen molar-refractivity contribution in [3.05, 3.63) is 29.3 Å². The van der Waals surface area contributed by atoms with Crippen LogP contribution in [-0.4, -0.2) is 7.85 Å². The van der Waals surface area contributed by atoms with Crippen molar-refractivity contribution >= 4 is 13.3 Å². The van der Waals surface area contributed by atoms with Crippen LogP contribution in [0.25, 0.3) is 0 Å². The first-order chi connectivity index (χ1) is 6.09. The SMILES string of the molecule is [B]c1ccc2c(c1)CCCC2(C)C. The van der Waals surface area contributed by atoms with E-state index in [0.29, 0.717) is 5.41 Å². The van der Waals surface area contributed by atoms with Crippen LogP contribution in [-0.2, 0) is 11.8 Å². The van der Waals surface area contributed by atoms with Gasteiger partial charge in [-0.05, 0) is 35.8 Å². The standard InChI is InChI=1S/C12H15B/c1-12(2)7-3-4-9-8-10(13)5-6-11(9)12/h5-6,8H,3-4,7H2,1-2H3. The fourth-order valence-electron chi connectivity index (χ4n) is 2.34. The number of hydrogen-bond acceptors (Lipinski definition) is 0. The minimum Gasteiger partial charge on any atom is -0.0964 e. The lowest BCUT2D eigenvalue weighted by Gasteiger charge is -2.32. The van der Waals surface area contributed by atoms with Gasteiger partial charge in [-0.3, -0.25) is 0 Å². The fraction of sp³-hybridized carbons (Fsp3) is 0.500. The highest BCUT2D eigenvalue weighted by Crippen LogP contribution is 2.35. The van der Waals surface area contributed by atoms with Crippen molar-refractivity contribution in [1.29, 1.82) is 0 Å². The lowest BCUT2D eigenvalue weighted by atomic mass is 9.71. The molecule has 0 unspecified atom stereocenters. The average molecular weight is 170 g/mol. The Bertz CT molecular complexity index is 326. The molecule has 0 spiro atoms. The lowest BCUT2D eigenvalue weighted by molar-refractivity contribution is 0.432. The Balaban J connectivity index is 2.53. The van der Waals surface area contributed by atoms with E-state index >= 15 is 0 Å². The molecule has 0 nitrogen and oxygen atoms in total. The van der Waals surface area contributed by atoms with Crippen LogP contribution >= 0.6 is 0 Å². The molecule has 0 aliphatic heterocycles. The molecule has 1 aromatic carbocycles. The Morgan fingerprint density at radius 3 is 2.85 bits per heavy atom. The van der Waals surface area contributed by atoms with Crippen molar-refractivity contribution in [2.75, 3.05) is 0 Å². The van der Waals surface area contributed by atoms with Gasteiger partial charge in [-0.15, -0.1) is 0 Å². The van der Waals surface area contributed by atoms with Gasteiger partial charge in [-0.25, -0.2) is 0 Å². The molecule has 0 saturated carbocycles. The molecule has 1 aliphatic rings. The van der Waals surface area contributed by atoms with E-state index in [0.717, 1.165) is 5.46 Å². The molecular formula is C12H15B. The third-order valence-corrected chi connectivity index (χ3v) is 3.11. The first-order valence-corrected chi connectivity index (χ1v) is 4.98. The van der Waals surface area contributed by atoms with Gasteiger partial charge in [0.2, 0.25) is 0 Å². The van der Waals surface area contributed by atoms with Gasteiger partial charge in [0.25, 0.3) is 0 Å². The van der Waals surface area contributed by atoms with E-state index < -0.39 is 0 Å². The Kier molecular flexibility index (Phi) is 1.98. The molecule has 1 heteroatoms. The van der Waals surface area contributed by atoms with Crippen molar-refractivity contribution < 1.29 is 0 Å². The molecule has 66 valence electrons. The second kappa shape index (κ2) is 2.90. The van der Waals surface area contributed by atoms with E-state index in [4.69, 9.17) is 7.85 Å². The second-order valence-corrected chi connectivity index (χ2v) is 4.65. The van der Waals surface area contributed by atoms with Crippen LogP contribution in [0.2, 0.25) is 0 Å². The molecular weight excluding hydrogens is 155 g/mol. The summed E-state index contributed by atoms with van der Waals surface area (Å²) >= 11 is 0. The van der Waals surface area contributed by atoms with Crippen molar-refractivity contribution in [3.63, 3.8) is 0 Å². The van der Waals surface area contributed by atoms with Crippen molar-refractivity contribution in [3.8, 4) is 0 Å². The molecule has 2 rings (SSSR count). The Morgan fingerprint density at radius 1 is 1.31 bits per heavy atom. The Morgan fingerprint density at radius 2 is 2.08 bits per heavy atom. The summed E-state index contributed by atoms with van der Waals surface area (Å²) in [7, 11) is 5.77. The zero-order chi connectivity index (χ0) is 9.47. The minimum atomic E-state index is 0.348. The van der Waals surface area contributed by atoms with Gasteiger partial charge < -0.3 is 0 Å². The van der Waals surface area contributed by atoms with Gasteiger partial charge in [-0.2, -0.15) is 0 Å². The molecule has 2 radical (unpaired) electrons. The number of hydrogen-bond donors (Lipinski definition) is 0. The molecule has 0 saturated heterocycles. The zero-order valence-electron chi connectivity index (χ0n) is 8.43. The van der Waals surface area contributed by atoms with Gasteiger partial charge in [0.15, 0.2) is 0 Å². The van der Waals surface area contributed by atoms with E-state index in [1.54, 1.807) is 0 Å². The zero-order valence-corrected chi connectivity index (χ0v) is 8.43. The maximum Gasteiger partial charge on any atom is 0.113 e. The van der Waals surface area contributed by atoms with Crippen molar-refractivity contribution in [2.24, 2.45) is 0 Å². The summed E-state index contributed by atoms with van der Waals surface area (Å²) < 4.78 is 0. The number of aryl methyl sites for hydroxylation is 1. The summed E-state index contributed by atoms with van der Waals surface area (Å²) in [5, 5.41) is 0. The maximum absolute atomic E-state index is 5.77. The van der Waals surface area contributed by atoms with Crippen LogP contribution in [0.5, 0.6) is 0 Å². The predicted octanol–water partition coefficient (Wildman–Crippen LogP) is 2.09. The highest BCUT2D eigenvalue weighted by Gasteiger charge is 2.26. The summed E-state index contributed by atoms with van der Waals surface area (Å²) in [4.78, 5) is 0. The smallest absolute Gasteiger partial charge is 0.0964 e. The van der Waals surface area contributed by atoms with Gasteiger partial charge in [-0.1, -0.05) is 37.5 Å². The molecule has 0 aromatic heterocycles. The van der Waals surface area contributed by atoms with E-state index in [1.165, 1.54) is 30.4 Å². The molecule has 0 heterocycles. The molecule has 0 N–H and O–H groups in total. The predicted molar refractivity (Wildman–Crippen MR) is 57.8 cm³/mol. The number of benzene rings is 1. The highest BCUT2D eigenvalue weighted by atomic mass is 14.3. The first-order valence-electron chi connectivity index (χ1n) is 4.98. The minimum absolute atomic E-state index is 0.348. The second-order valence-electron chi connectivity index (χ2n) is 4.65. The van der Waals surface area contributed by atoms with Crippen LogP contribution in [0.4, 0.5) is 0 Å². The first kappa shape index (κ1) is 8.86. The van der Waals surface area contributed by atoms with Crippen molar-refractivity contribution in [2.45, 2.75) is 38.5 Å². The quantitative estimate of drug-likeness (QED) is 0.523. The number of rotatable bonds is 0. The Labute approximate surface area is 81.8 Å². The monoisotopic (exact) mass is 170 g/mol. The lowest BCUT2D eigenvalue weighted by Crippen LogP contribution is -2.25. The maximum atomic E-state index is 5.77. The summed E-state index contributed by atoms with van der Waals surface area (Å²) in [6, 6.07) is 6.35. The normalized spacial score (nSPS) is 19.5. The van der Waals surface area contributed by atoms with E-state index in [2.05, 4.69) is 26.0 Å². The summed E-state index contributed by atoms with van der Waals surface area (Å²) in [6.45, 7) is 4.64. The molecule has 0 fully saturated rings. The van der Waals surface area contributed by atoms with Gasteiger partial charge >= 0.3 is 0 Å². The fourth-order valence-corrected chi connectivity index (χ4v) is 2.34. The largest absolute Gasteiger partial charge is 0.113 e. The third kappa shape index (κ3) is 1.52. The van der Waals surface area contributed by atoms with Gasteiger partial charge in [0.05, 0.1) is 0 Å². The summed E-state index contributed by atoms with van der Waals surface area (Å²) in [6.07, 6.45) is 3.79. The van der Waals surface area contributed by atoms with Crippen molar-refractivity contribution in [1.82, 2.24) is 0 Å². The van der Waals surface area contributed by atoms with Crippen LogP contribution < -0.4 is 5.46 Å². The summed E-state index contributed by atoms with van der Waals surface area (Å²) in [5.74, 6) is 0.